The van der Waals surface area contributed by atoms with Gasteiger partial charge in [-0.25, -0.2) is 0 Å². The number of rotatable bonds is 5. The minimum absolute atomic E-state index is 0.213. The minimum atomic E-state index is -0.213. The molecule has 3 nitrogen and oxygen atoms in total. The first-order valence-corrected chi connectivity index (χ1v) is 8.77. The van der Waals surface area contributed by atoms with Crippen LogP contribution in [0.15, 0.2) is 22.7 Å². The first-order chi connectivity index (χ1) is 10.0. The van der Waals surface area contributed by atoms with Crippen LogP contribution in [0, 0.1) is 0 Å². The molecule has 1 aliphatic carbocycles. The predicted molar refractivity (Wildman–Crippen MR) is 92.9 cm³/mol. The van der Waals surface area contributed by atoms with Gasteiger partial charge in [-0.1, -0.05) is 35.7 Å². The van der Waals surface area contributed by atoms with E-state index in [0.717, 1.165) is 30.3 Å². The Kier molecular flexibility index (Phi) is 6.08. The van der Waals surface area contributed by atoms with Gasteiger partial charge in [0.1, 0.15) is 0 Å². The molecule has 0 heterocycles. The molecule has 0 aromatic heterocycles. The molecule has 1 aromatic rings. The molecule has 1 fully saturated rings. The number of hydrogen-bond donors (Lipinski definition) is 2. The van der Waals surface area contributed by atoms with Gasteiger partial charge in [-0.15, -0.1) is 0 Å². The summed E-state index contributed by atoms with van der Waals surface area (Å²) < 4.78 is 1.10. The summed E-state index contributed by atoms with van der Waals surface area (Å²) in [5.41, 5.74) is 2.50. The topological polar surface area (TPSA) is 35.5 Å². The van der Waals surface area contributed by atoms with Crippen LogP contribution >= 0.6 is 15.9 Å². The van der Waals surface area contributed by atoms with Gasteiger partial charge >= 0.3 is 0 Å². The summed E-state index contributed by atoms with van der Waals surface area (Å²) in [4.78, 5) is 2.28. The van der Waals surface area contributed by atoms with Crippen LogP contribution in [0.2, 0.25) is 0 Å². The first kappa shape index (κ1) is 16.8. The number of anilines is 1. The fourth-order valence-corrected chi connectivity index (χ4v) is 3.71. The first-order valence-electron chi connectivity index (χ1n) is 7.98. The zero-order valence-corrected chi connectivity index (χ0v) is 14.9. The summed E-state index contributed by atoms with van der Waals surface area (Å²) in [6, 6.07) is 6.96. The third-order valence-corrected chi connectivity index (χ3v) is 5.03. The Balaban J connectivity index is 2.28. The van der Waals surface area contributed by atoms with Crippen LogP contribution in [-0.2, 0) is 0 Å². The Bertz CT molecular complexity index is 466. The number of likely N-dealkylation sites (N-methyl/N-ethyl adjacent to an activating group) is 1. The molecule has 0 saturated heterocycles. The second-order valence-electron chi connectivity index (χ2n) is 6.01. The molecule has 21 heavy (non-hydrogen) atoms. The molecular formula is C17H27BrN2O. The number of hydrogen-bond acceptors (Lipinski definition) is 3. The van der Waals surface area contributed by atoms with E-state index in [-0.39, 0.29) is 12.1 Å². The normalized spacial score (nSPS) is 23.9. The van der Waals surface area contributed by atoms with Gasteiger partial charge in [-0.2, -0.15) is 0 Å². The van der Waals surface area contributed by atoms with Crippen LogP contribution in [0.25, 0.3) is 0 Å². The Morgan fingerprint density at radius 1 is 1.38 bits per heavy atom. The van der Waals surface area contributed by atoms with E-state index in [9.17, 15) is 5.11 Å². The van der Waals surface area contributed by atoms with Gasteiger partial charge in [-0.05, 0) is 50.1 Å². The van der Waals surface area contributed by atoms with E-state index in [1.807, 2.05) is 0 Å². The highest BCUT2D eigenvalue weighted by atomic mass is 79.9. The smallest absolute Gasteiger partial charge is 0.0743 e. The van der Waals surface area contributed by atoms with Crippen molar-refractivity contribution in [2.75, 3.05) is 18.5 Å². The molecule has 3 unspecified atom stereocenters. The van der Waals surface area contributed by atoms with Crippen molar-refractivity contribution in [1.82, 2.24) is 5.32 Å². The molecule has 3 atom stereocenters. The highest BCUT2D eigenvalue weighted by Gasteiger charge is 2.28. The Labute approximate surface area is 136 Å². The molecular weight excluding hydrogens is 328 g/mol. The second kappa shape index (κ2) is 7.61. The van der Waals surface area contributed by atoms with E-state index in [4.69, 9.17) is 0 Å². The molecule has 2 rings (SSSR count). The van der Waals surface area contributed by atoms with Crippen molar-refractivity contribution in [3.8, 4) is 0 Å². The molecule has 4 heteroatoms. The SMILES string of the molecule is CCNC(C)c1cc(Br)ccc1N(C)C1CCCCC1O. The third kappa shape index (κ3) is 3.99. The number of nitrogens with one attached hydrogen (secondary N) is 1. The molecule has 118 valence electrons. The average Bonchev–Trinajstić information content (AvgIpc) is 2.47. The van der Waals surface area contributed by atoms with Crippen LogP contribution < -0.4 is 10.2 Å². The van der Waals surface area contributed by atoms with Crippen LogP contribution in [-0.4, -0.2) is 30.8 Å². The van der Waals surface area contributed by atoms with E-state index < -0.39 is 0 Å². The molecule has 0 amide bonds. The van der Waals surface area contributed by atoms with Crippen molar-refractivity contribution < 1.29 is 5.11 Å². The van der Waals surface area contributed by atoms with Crippen molar-refractivity contribution in [2.24, 2.45) is 0 Å². The van der Waals surface area contributed by atoms with Crippen molar-refractivity contribution in [1.29, 1.82) is 0 Å². The van der Waals surface area contributed by atoms with Crippen LogP contribution in [0.1, 0.15) is 51.1 Å². The van der Waals surface area contributed by atoms with Gasteiger partial charge in [0.2, 0.25) is 0 Å². The van der Waals surface area contributed by atoms with Crippen molar-refractivity contribution in [2.45, 2.75) is 57.7 Å². The highest BCUT2D eigenvalue weighted by Crippen LogP contribution is 2.33. The van der Waals surface area contributed by atoms with Gasteiger partial charge in [0.05, 0.1) is 12.1 Å². The molecule has 1 aromatic carbocycles. The van der Waals surface area contributed by atoms with Gasteiger partial charge in [0.15, 0.2) is 0 Å². The van der Waals surface area contributed by atoms with Crippen LogP contribution in [0.5, 0.6) is 0 Å². The van der Waals surface area contributed by atoms with E-state index in [1.165, 1.54) is 17.7 Å². The maximum absolute atomic E-state index is 10.3. The average molecular weight is 355 g/mol. The summed E-state index contributed by atoms with van der Waals surface area (Å²) in [6.07, 6.45) is 4.13. The van der Waals surface area contributed by atoms with Crippen LogP contribution in [0.4, 0.5) is 5.69 Å². The summed E-state index contributed by atoms with van der Waals surface area (Å²) >= 11 is 3.58. The van der Waals surface area contributed by atoms with Gasteiger partial charge < -0.3 is 15.3 Å². The molecule has 0 radical (unpaired) electrons. The fourth-order valence-electron chi connectivity index (χ4n) is 3.33. The monoisotopic (exact) mass is 354 g/mol. The van der Waals surface area contributed by atoms with E-state index >= 15 is 0 Å². The molecule has 1 saturated carbocycles. The van der Waals surface area contributed by atoms with E-state index in [2.05, 4.69) is 65.2 Å². The standard InChI is InChI=1S/C17H27BrN2O/c1-4-19-12(2)14-11-13(18)9-10-15(14)20(3)16-7-5-6-8-17(16)21/h9-12,16-17,19,21H,4-8H2,1-3H3. The molecule has 0 bridgehead atoms. The van der Waals surface area contributed by atoms with Crippen molar-refractivity contribution in [3.05, 3.63) is 28.2 Å². The summed E-state index contributed by atoms with van der Waals surface area (Å²) in [6.45, 7) is 5.27. The highest BCUT2D eigenvalue weighted by molar-refractivity contribution is 9.10. The maximum atomic E-state index is 10.3. The van der Waals surface area contributed by atoms with Crippen molar-refractivity contribution in [3.63, 3.8) is 0 Å². The predicted octanol–water partition coefficient (Wildman–Crippen LogP) is 3.86. The molecule has 2 N–H and O–H groups in total. The molecule has 0 spiro atoms. The van der Waals surface area contributed by atoms with Gasteiger partial charge in [0.25, 0.3) is 0 Å². The number of benzene rings is 1. The Hall–Kier alpha value is -0.580. The largest absolute Gasteiger partial charge is 0.391 e. The third-order valence-electron chi connectivity index (χ3n) is 4.54. The van der Waals surface area contributed by atoms with Crippen LogP contribution in [0.3, 0.4) is 0 Å². The maximum Gasteiger partial charge on any atom is 0.0743 e. The summed E-state index contributed by atoms with van der Waals surface area (Å²) in [5.74, 6) is 0. The van der Waals surface area contributed by atoms with Crippen molar-refractivity contribution >= 4 is 21.6 Å². The number of halogens is 1. The zero-order chi connectivity index (χ0) is 15.4. The number of nitrogens with zero attached hydrogens (tertiary/aromatic N) is 1. The number of aliphatic hydroxyl groups is 1. The Morgan fingerprint density at radius 3 is 2.76 bits per heavy atom. The Morgan fingerprint density at radius 2 is 2.10 bits per heavy atom. The lowest BCUT2D eigenvalue weighted by molar-refractivity contribution is 0.106. The zero-order valence-electron chi connectivity index (χ0n) is 13.3. The van der Waals surface area contributed by atoms with Gasteiger partial charge in [0, 0.05) is 23.2 Å². The number of aliphatic hydroxyl groups excluding tert-OH is 1. The lowest BCUT2D eigenvalue weighted by Crippen LogP contribution is -2.44. The summed E-state index contributed by atoms with van der Waals surface area (Å²) in [5, 5.41) is 13.8. The van der Waals surface area contributed by atoms with Gasteiger partial charge in [-0.3, -0.25) is 0 Å². The fraction of sp³-hybridized carbons (Fsp3) is 0.647. The van der Waals surface area contributed by atoms with E-state index in [0.29, 0.717) is 6.04 Å². The second-order valence-corrected chi connectivity index (χ2v) is 6.93. The lowest BCUT2D eigenvalue weighted by Gasteiger charge is -2.38. The van der Waals surface area contributed by atoms with E-state index in [1.54, 1.807) is 0 Å². The molecule has 0 aliphatic heterocycles. The summed E-state index contributed by atoms with van der Waals surface area (Å²) in [7, 11) is 2.12. The molecule has 1 aliphatic rings. The lowest BCUT2D eigenvalue weighted by atomic mass is 9.90. The minimum Gasteiger partial charge on any atom is -0.391 e. The quantitative estimate of drug-likeness (QED) is 0.842.